The molecule has 0 aromatic heterocycles. The van der Waals surface area contributed by atoms with Gasteiger partial charge >= 0.3 is 0 Å². The number of carbonyl (C=O) groups is 1. The molecular formula is C16H23NO3. The third kappa shape index (κ3) is 3.97. The van der Waals surface area contributed by atoms with E-state index >= 15 is 0 Å². The highest BCUT2D eigenvalue weighted by Gasteiger charge is 2.20. The molecule has 20 heavy (non-hydrogen) atoms. The van der Waals surface area contributed by atoms with Gasteiger partial charge in [0.05, 0.1) is 6.10 Å². The molecule has 1 aromatic rings. The van der Waals surface area contributed by atoms with Crippen LogP contribution in [0.3, 0.4) is 0 Å². The summed E-state index contributed by atoms with van der Waals surface area (Å²) in [5, 5.41) is 2.89. The summed E-state index contributed by atoms with van der Waals surface area (Å²) >= 11 is 0. The van der Waals surface area contributed by atoms with Crippen molar-refractivity contribution in [2.45, 2.75) is 45.8 Å². The molecule has 2 rings (SSSR count). The van der Waals surface area contributed by atoms with E-state index in [1.54, 1.807) is 6.92 Å². The van der Waals surface area contributed by atoms with Gasteiger partial charge in [-0.1, -0.05) is 12.1 Å². The van der Waals surface area contributed by atoms with Crippen LogP contribution in [0.25, 0.3) is 0 Å². The number of nitrogens with one attached hydrogen (secondary N) is 1. The second-order valence-corrected chi connectivity index (χ2v) is 5.41. The molecule has 1 aliphatic heterocycles. The molecule has 1 N–H and O–H groups in total. The first-order chi connectivity index (χ1) is 9.56. The first-order valence-corrected chi connectivity index (χ1v) is 7.19. The van der Waals surface area contributed by atoms with Gasteiger partial charge in [-0.15, -0.1) is 0 Å². The molecule has 0 radical (unpaired) electrons. The molecular weight excluding hydrogens is 254 g/mol. The summed E-state index contributed by atoms with van der Waals surface area (Å²) in [6.45, 7) is 7.13. The van der Waals surface area contributed by atoms with Crippen LogP contribution in [0.15, 0.2) is 18.2 Å². The highest BCUT2D eigenvalue weighted by Crippen LogP contribution is 2.20. The lowest BCUT2D eigenvalue weighted by molar-refractivity contribution is -0.127. The Kier molecular flexibility index (Phi) is 5.01. The Labute approximate surface area is 120 Å². The minimum Gasteiger partial charge on any atom is -0.481 e. The second-order valence-electron chi connectivity index (χ2n) is 5.41. The molecule has 0 unspecified atom stereocenters. The molecule has 2 atom stereocenters. The first-order valence-electron chi connectivity index (χ1n) is 7.19. The van der Waals surface area contributed by atoms with Crippen LogP contribution in [-0.4, -0.2) is 31.3 Å². The van der Waals surface area contributed by atoms with Crippen molar-refractivity contribution in [3.63, 3.8) is 0 Å². The third-order valence-corrected chi connectivity index (χ3v) is 3.54. The lowest BCUT2D eigenvalue weighted by Crippen LogP contribution is -2.40. The van der Waals surface area contributed by atoms with Gasteiger partial charge < -0.3 is 14.8 Å². The summed E-state index contributed by atoms with van der Waals surface area (Å²) < 4.78 is 11.2. The number of rotatable bonds is 5. The first kappa shape index (κ1) is 14.9. The van der Waals surface area contributed by atoms with Gasteiger partial charge in [0, 0.05) is 13.2 Å². The van der Waals surface area contributed by atoms with Crippen molar-refractivity contribution in [2.75, 3.05) is 13.2 Å². The van der Waals surface area contributed by atoms with Gasteiger partial charge in [0.15, 0.2) is 6.10 Å². The zero-order chi connectivity index (χ0) is 14.5. The van der Waals surface area contributed by atoms with E-state index in [0.29, 0.717) is 6.54 Å². The summed E-state index contributed by atoms with van der Waals surface area (Å²) in [6.07, 6.45) is 1.76. The standard InChI is InChI=1S/C16H23NO3/c1-11-6-7-12(2)15(9-11)20-13(3)16(18)17-10-14-5-4-8-19-14/h6-7,9,13-14H,4-5,8,10H2,1-3H3,(H,17,18)/t13-,14-/m1/s1. The minimum absolute atomic E-state index is 0.0959. The zero-order valence-corrected chi connectivity index (χ0v) is 12.4. The second kappa shape index (κ2) is 6.75. The molecule has 4 nitrogen and oxygen atoms in total. The van der Waals surface area contributed by atoms with E-state index in [4.69, 9.17) is 9.47 Å². The topological polar surface area (TPSA) is 47.6 Å². The quantitative estimate of drug-likeness (QED) is 0.899. The number of aryl methyl sites for hydroxylation is 2. The van der Waals surface area contributed by atoms with Crippen LogP contribution in [-0.2, 0) is 9.53 Å². The number of hydrogen-bond donors (Lipinski definition) is 1. The molecule has 0 saturated carbocycles. The highest BCUT2D eigenvalue weighted by molar-refractivity contribution is 5.80. The minimum atomic E-state index is -0.503. The van der Waals surface area contributed by atoms with Crippen LogP contribution < -0.4 is 10.1 Å². The summed E-state index contributed by atoms with van der Waals surface area (Å²) in [6, 6.07) is 5.99. The van der Waals surface area contributed by atoms with Crippen LogP contribution >= 0.6 is 0 Å². The maximum absolute atomic E-state index is 12.0. The van der Waals surface area contributed by atoms with Gasteiger partial charge in [-0.3, -0.25) is 4.79 Å². The van der Waals surface area contributed by atoms with E-state index < -0.39 is 6.10 Å². The Hall–Kier alpha value is -1.55. The molecule has 0 aliphatic carbocycles. The smallest absolute Gasteiger partial charge is 0.260 e. The fraction of sp³-hybridized carbons (Fsp3) is 0.562. The van der Waals surface area contributed by atoms with Gasteiger partial charge in [0.25, 0.3) is 5.91 Å². The van der Waals surface area contributed by atoms with Gasteiger partial charge in [0.2, 0.25) is 0 Å². The zero-order valence-electron chi connectivity index (χ0n) is 12.4. The predicted octanol–water partition coefficient (Wildman–Crippen LogP) is 2.37. The van der Waals surface area contributed by atoms with Gasteiger partial charge in [-0.05, 0) is 50.8 Å². The third-order valence-electron chi connectivity index (χ3n) is 3.54. The van der Waals surface area contributed by atoms with Gasteiger partial charge in [-0.2, -0.15) is 0 Å². The predicted molar refractivity (Wildman–Crippen MR) is 78.0 cm³/mol. The fourth-order valence-electron chi connectivity index (χ4n) is 2.24. The SMILES string of the molecule is Cc1ccc(C)c(O[C@H](C)C(=O)NC[C@H]2CCCO2)c1. The number of hydrogen-bond acceptors (Lipinski definition) is 3. The molecule has 4 heteroatoms. The van der Waals surface area contributed by atoms with E-state index in [1.165, 1.54) is 0 Å². The molecule has 1 amide bonds. The number of benzene rings is 1. The Bertz CT molecular complexity index is 467. The molecule has 0 spiro atoms. The van der Waals surface area contributed by atoms with Crippen molar-refractivity contribution in [2.24, 2.45) is 0 Å². The van der Waals surface area contributed by atoms with Gasteiger partial charge in [-0.25, -0.2) is 0 Å². The molecule has 0 bridgehead atoms. The Morgan fingerprint density at radius 3 is 3.00 bits per heavy atom. The maximum Gasteiger partial charge on any atom is 0.260 e. The van der Waals surface area contributed by atoms with E-state index in [0.717, 1.165) is 36.3 Å². The summed E-state index contributed by atoms with van der Waals surface area (Å²) in [4.78, 5) is 12.0. The molecule has 1 aromatic carbocycles. The van der Waals surface area contributed by atoms with Crippen LogP contribution in [0.5, 0.6) is 5.75 Å². The fourth-order valence-corrected chi connectivity index (χ4v) is 2.24. The van der Waals surface area contributed by atoms with Gasteiger partial charge in [0.1, 0.15) is 5.75 Å². The average Bonchev–Trinajstić information content (AvgIpc) is 2.93. The molecule has 1 heterocycles. The summed E-state index contributed by atoms with van der Waals surface area (Å²) in [5.41, 5.74) is 2.16. The summed E-state index contributed by atoms with van der Waals surface area (Å²) in [5.74, 6) is 0.672. The normalized spacial score (nSPS) is 19.6. The van der Waals surface area contributed by atoms with Crippen molar-refractivity contribution in [3.05, 3.63) is 29.3 Å². The molecule has 1 aliphatic rings. The van der Waals surface area contributed by atoms with Crippen LogP contribution in [0, 0.1) is 13.8 Å². The molecule has 1 fully saturated rings. The van der Waals surface area contributed by atoms with Crippen molar-refractivity contribution < 1.29 is 14.3 Å². The Morgan fingerprint density at radius 1 is 1.50 bits per heavy atom. The molecule has 1 saturated heterocycles. The van der Waals surface area contributed by atoms with Crippen molar-refractivity contribution in [1.82, 2.24) is 5.32 Å². The lowest BCUT2D eigenvalue weighted by atomic mass is 10.1. The largest absolute Gasteiger partial charge is 0.481 e. The lowest BCUT2D eigenvalue weighted by Gasteiger charge is -2.18. The van der Waals surface area contributed by atoms with Crippen LogP contribution in [0.1, 0.15) is 30.9 Å². The van der Waals surface area contributed by atoms with Crippen LogP contribution in [0.4, 0.5) is 0 Å². The van der Waals surface area contributed by atoms with E-state index in [1.807, 2.05) is 32.0 Å². The monoisotopic (exact) mass is 277 g/mol. The van der Waals surface area contributed by atoms with Crippen molar-refractivity contribution >= 4 is 5.91 Å². The maximum atomic E-state index is 12.0. The van der Waals surface area contributed by atoms with E-state index in [2.05, 4.69) is 5.32 Å². The molecule has 110 valence electrons. The van der Waals surface area contributed by atoms with E-state index in [-0.39, 0.29) is 12.0 Å². The van der Waals surface area contributed by atoms with Crippen LogP contribution in [0.2, 0.25) is 0 Å². The summed E-state index contributed by atoms with van der Waals surface area (Å²) in [7, 11) is 0. The van der Waals surface area contributed by atoms with Crippen molar-refractivity contribution in [1.29, 1.82) is 0 Å². The average molecular weight is 277 g/mol. The number of amides is 1. The van der Waals surface area contributed by atoms with E-state index in [9.17, 15) is 4.79 Å². The highest BCUT2D eigenvalue weighted by atomic mass is 16.5. The number of ether oxygens (including phenoxy) is 2. The number of carbonyl (C=O) groups excluding carboxylic acids is 1. The van der Waals surface area contributed by atoms with Crippen molar-refractivity contribution in [3.8, 4) is 5.75 Å². The Morgan fingerprint density at radius 2 is 2.30 bits per heavy atom. The Balaban J connectivity index is 1.85.